The molecule has 0 amide bonds. The van der Waals surface area contributed by atoms with Crippen LogP contribution in [0.4, 0.5) is 17.6 Å². The van der Waals surface area contributed by atoms with E-state index in [0.29, 0.717) is 23.1 Å². The predicted octanol–water partition coefficient (Wildman–Crippen LogP) is 6.67. The van der Waals surface area contributed by atoms with Gasteiger partial charge in [0.05, 0.1) is 0 Å². The predicted molar refractivity (Wildman–Crippen MR) is 112 cm³/mol. The number of ether oxygens (including phenoxy) is 1. The van der Waals surface area contributed by atoms with Gasteiger partial charge in [-0.3, -0.25) is 0 Å². The zero-order valence-corrected chi connectivity index (χ0v) is 17.0. The van der Waals surface area contributed by atoms with E-state index in [-0.39, 0.29) is 11.3 Å². The minimum atomic E-state index is -3.04. The molecule has 0 unspecified atom stereocenters. The standard InChI is InChI=1S/C24H25F4NO/c1-16(13-18-8-10-19(11-9-18)15-29-3)7-12-22(30-24(27)28)17(2)20-5-4-6-21(14-20)23(25)26/h4-12,14,23-24,29H,1,13,15H2,2-3H3/b12-7-,22-17-. The summed E-state index contributed by atoms with van der Waals surface area (Å²) in [6.45, 7) is 3.25. The minimum absolute atomic E-state index is 0.0954. The van der Waals surface area contributed by atoms with Crippen LogP contribution in [0.2, 0.25) is 0 Å². The van der Waals surface area contributed by atoms with Gasteiger partial charge in [-0.2, -0.15) is 8.78 Å². The maximum atomic E-state index is 13.0. The molecule has 0 bridgehead atoms. The Morgan fingerprint density at radius 2 is 1.70 bits per heavy atom. The van der Waals surface area contributed by atoms with Gasteiger partial charge in [-0.15, -0.1) is 0 Å². The van der Waals surface area contributed by atoms with Gasteiger partial charge in [0, 0.05) is 12.1 Å². The number of halogens is 4. The largest absolute Gasteiger partial charge is 0.435 e. The van der Waals surface area contributed by atoms with Gasteiger partial charge in [0.2, 0.25) is 0 Å². The van der Waals surface area contributed by atoms with E-state index < -0.39 is 13.0 Å². The summed E-state index contributed by atoms with van der Waals surface area (Å²) in [6.07, 6.45) is 0.888. The zero-order valence-electron chi connectivity index (χ0n) is 17.0. The van der Waals surface area contributed by atoms with Crippen molar-refractivity contribution in [3.63, 3.8) is 0 Å². The molecule has 0 spiro atoms. The first kappa shape index (κ1) is 23.4. The first-order valence-corrected chi connectivity index (χ1v) is 9.42. The average Bonchev–Trinajstić information content (AvgIpc) is 2.72. The summed E-state index contributed by atoms with van der Waals surface area (Å²) in [5.41, 5.74) is 3.42. The number of hydrogen-bond donors (Lipinski definition) is 1. The Hall–Kier alpha value is -2.86. The molecule has 2 rings (SSSR count). The van der Waals surface area contributed by atoms with Gasteiger partial charge in [-0.25, -0.2) is 8.78 Å². The molecule has 0 saturated heterocycles. The van der Waals surface area contributed by atoms with Crippen LogP contribution in [0.1, 0.15) is 35.6 Å². The zero-order chi connectivity index (χ0) is 22.1. The second-order valence-corrected chi connectivity index (χ2v) is 6.81. The number of benzene rings is 2. The Labute approximate surface area is 174 Å². The van der Waals surface area contributed by atoms with Crippen LogP contribution in [0.3, 0.4) is 0 Å². The molecule has 30 heavy (non-hydrogen) atoms. The summed E-state index contributed by atoms with van der Waals surface area (Å²) in [5, 5.41) is 3.08. The van der Waals surface area contributed by atoms with Crippen molar-refractivity contribution in [2.75, 3.05) is 7.05 Å². The Bertz CT molecular complexity index is 902. The average molecular weight is 419 g/mol. The van der Waals surface area contributed by atoms with Crippen LogP contribution in [-0.2, 0) is 17.7 Å². The fourth-order valence-corrected chi connectivity index (χ4v) is 2.89. The maximum absolute atomic E-state index is 13.0. The lowest BCUT2D eigenvalue weighted by Gasteiger charge is -2.12. The number of alkyl halides is 4. The highest BCUT2D eigenvalue weighted by Crippen LogP contribution is 2.26. The molecule has 0 atom stereocenters. The fraction of sp³-hybridized carbons (Fsp3) is 0.250. The van der Waals surface area contributed by atoms with Gasteiger partial charge in [0.15, 0.2) is 0 Å². The van der Waals surface area contributed by atoms with Crippen LogP contribution in [-0.4, -0.2) is 13.7 Å². The molecule has 6 heteroatoms. The van der Waals surface area contributed by atoms with Crippen LogP contribution in [0.5, 0.6) is 0 Å². The Morgan fingerprint density at radius 3 is 2.30 bits per heavy atom. The van der Waals surface area contributed by atoms with Crippen LogP contribution in [0.15, 0.2) is 78.6 Å². The molecule has 0 heterocycles. The lowest BCUT2D eigenvalue weighted by molar-refractivity contribution is -0.0914. The van der Waals surface area contributed by atoms with Gasteiger partial charge in [0.25, 0.3) is 6.43 Å². The number of nitrogens with one attached hydrogen (secondary N) is 1. The first-order chi connectivity index (χ1) is 14.3. The second kappa shape index (κ2) is 11.4. The molecule has 0 aliphatic carbocycles. The molecule has 0 aromatic heterocycles. The van der Waals surface area contributed by atoms with Crippen molar-refractivity contribution < 1.29 is 22.3 Å². The van der Waals surface area contributed by atoms with Crippen molar-refractivity contribution in [1.29, 1.82) is 0 Å². The highest BCUT2D eigenvalue weighted by Gasteiger charge is 2.13. The maximum Gasteiger partial charge on any atom is 0.387 e. The van der Waals surface area contributed by atoms with E-state index in [1.807, 2.05) is 31.3 Å². The normalized spacial score (nSPS) is 12.5. The van der Waals surface area contributed by atoms with Crippen molar-refractivity contribution in [3.05, 3.63) is 101 Å². The van der Waals surface area contributed by atoms with Gasteiger partial charge < -0.3 is 10.1 Å². The SMILES string of the molecule is C=C(/C=C\C(OC(F)F)=C(/C)c1cccc(C(F)F)c1)Cc1ccc(CNC)cc1. The Balaban J connectivity index is 2.20. The van der Waals surface area contributed by atoms with Crippen LogP contribution in [0.25, 0.3) is 5.57 Å². The van der Waals surface area contributed by atoms with E-state index in [0.717, 1.165) is 17.7 Å². The van der Waals surface area contributed by atoms with Crippen LogP contribution >= 0.6 is 0 Å². The fourth-order valence-electron chi connectivity index (χ4n) is 2.89. The molecule has 0 fully saturated rings. The topological polar surface area (TPSA) is 21.3 Å². The van der Waals surface area contributed by atoms with Gasteiger partial charge in [0.1, 0.15) is 5.76 Å². The van der Waals surface area contributed by atoms with Crippen LogP contribution in [0, 0.1) is 0 Å². The molecule has 0 radical (unpaired) electrons. The summed E-state index contributed by atoms with van der Waals surface area (Å²) in [7, 11) is 1.87. The van der Waals surface area contributed by atoms with E-state index in [2.05, 4.69) is 16.6 Å². The molecular weight excluding hydrogens is 394 g/mol. The van der Waals surface area contributed by atoms with Crippen molar-refractivity contribution in [1.82, 2.24) is 5.32 Å². The summed E-state index contributed by atoms with van der Waals surface area (Å²) < 4.78 is 56.3. The van der Waals surface area contributed by atoms with Crippen molar-refractivity contribution in [2.24, 2.45) is 0 Å². The highest BCUT2D eigenvalue weighted by atomic mass is 19.3. The molecule has 2 aromatic rings. The van der Waals surface area contributed by atoms with Gasteiger partial charge in [-0.1, -0.05) is 60.7 Å². The minimum Gasteiger partial charge on any atom is -0.435 e. The third kappa shape index (κ3) is 7.19. The smallest absolute Gasteiger partial charge is 0.387 e. The first-order valence-electron chi connectivity index (χ1n) is 9.42. The van der Waals surface area contributed by atoms with E-state index in [1.54, 1.807) is 19.1 Å². The van der Waals surface area contributed by atoms with Crippen molar-refractivity contribution >= 4 is 5.57 Å². The molecule has 0 saturated carbocycles. The molecule has 1 N–H and O–H groups in total. The van der Waals surface area contributed by atoms with E-state index in [9.17, 15) is 17.6 Å². The molecule has 2 aromatic carbocycles. The molecule has 0 aliphatic heterocycles. The second-order valence-electron chi connectivity index (χ2n) is 6.81. The Kier molecular flexibility index (Phi) is 8.87. The lowest BCUT2D eigenvalue weighted by atomic mass is 10.0. The molecular formula is C24H25F4NO. The summed E-state index contributed by atoms with van der Waals surface area (Å²) in [6, 6.07) is 13.6. The third-order valence-electron chi connectivity index (χ3n) is 4.46. The number of allylic oxidation sites excluding steroid dienone is 4. The van der Waals surface area contributed by atoms with E-state index in [1.165, 1.54) is 24.3 Å². The molecule has 160 valence electrons. The van der Waals surface area contributed by atoms with Crippen molar-refractivity contribution in [3.8, 4) is 0 Å². The van der Waals surface area contributed by atoms with Gasteiger partial charge >= 0.3 is 6.61 Å². The highest BCUT2D eigenvalue weighted by molar-refractivity contribution is 5.68. The van der Waals surface area contributed by atoms with E-state index in [4.69, 9.17) is 0 Å². The quantitative estimate of drug-likeness (QED) is 0.264. The number of rotatable bonds is 10. The number of hydrogen-bond acceptors (Lipinski definition) is 2. The third-order valence-corrected chi connectivity index (χ3v) is 4.46. The van der Waals surface area contributed by atoms with Gasteiger partial charge in [-0.05, 0) is 54.8 Å². The summed E-state index contributed by atoms with van der Waals surface area (Å²) in [5.74, 6) is -0.0954. The Morgan fingerprint density at radius 1 is 1.03 bits per heavy atom. The molecule has 2 nitrogen and oxygen atoms in total. The summed E-state index contributed by atoms with van der Waals surface area (Å²) >= 11 is 0. The lowest BCUT2D eigenvalue weighted by Crippen LogP contribution is -2.04. The van der Waals surface area contributed by atoms with Crippen molar-refractivity contribution in [2.45, 2.75) is 32.9 Å². The molecule has 0 aliphatic rings. The monoisotopic (exact) mass is 419 g/mol. The van der Waals surface area contributed by atoms with Crippen LogP contribution < -0.4 is 5.32 Å². The summed E-state index contributed by atoms with van der Waals surface area (Å²) in [4.78, 5) is 0. The van der Waals surface area contributed by atoms with E-state index >= 15 is 0 Å².